The van der Waals surface area contributed by atoms with Crippen LogP contribution in [0.2, 0.25) is 0 Å². The molecule has 2 fully saturated rings. The molecule has 0 aromatic heterocycles. The van der Waals surface area contributed by atoms with E-state index in [0.717, 1.165) is 6.08 Å². The molecule has 1 aliphatic carbocycles. The molecule has 0 saturated carbocycles. The van der Waals surface area contributed by atoms with Crippen molar-refractivity contribution in [1.29, 1.82) is 0 Å². The van der Waals surface area contributed by atoms with Gasteiger partial charge in [0.1, 0.15) is 78.1 Å². The first kappa shape index (κ1) is 31.9. The van der Waals surface area contributed by atoms with Gasteiger partial charge in [-0.25, -0.2) is 0 Å². The molecule has 15 heteroatoms. The van der Waals surface area contributed by atoms with Crippen LogP contribution in [0.1, 0.15) is 5.56 Å². The van der Waals surface area contributed by atoms with Crippen molar-refractivity contribution in [2.24, 2.45) is 0 Å². The number of ether oxygens (including phenoxy) is 2. The van der Waals surface area contributed by atoms with Gasteiger partial charge in [-0.1, -0.05) is 18.2 Å². The van der Waals surface area contributed by atoms with Crippen LogP contribution in [0.3, 0.4) is 0 Å². The third-order valence-corrected chi connectivity index (χ3v) is 7.57. The van der Waals surface area contributed by atoms with E-state index >= 15 is 0 Å². The summed E-state index contributed by atoms with van der Waals surface area (Å²) in [5.41, 5.74) is -4.53. The molecule has 0 radical (unpaired) electrons. The zero-order chi connectivity index (χ0) is 31.1. The Bertz CT molecular complexity index is 1270. The van der Waals surface area contributed by atoms with E-state index in [0.29, 0.717) is 11.6 Å². The Morgan fingerprint density at radius 1 is 0.810 bits per heavy atom. The summed E-state index contributed by atoms with van der Waals surface area (Å²) in [6.45, 7) is -1.81. The van der Waals surface area contributed by atoms with Crippen molar-refractivity contribution in [3.63, 3.8) is 0 Å². The highest BCUT2D eigenvalue weighted by Crippen LogP contribution is 2.40. The maximum Gasteiger partial charge on any atom is 0.208 e. The molecule has 0 spiro atoms. The second-order valence-corrected chi connectivity index (χ2v) is 10.3. The Balaban J connectivity index is 1.84. The number of aromatic hydroxyl groups is 1. The Kier molecular flexibility index (Phi) is 9.31. The number of Topliss-reactive ketones (excluding diaryl/α,β-unsaturated/α-hetero) is 1. The minimum absolute atomic E-state index is 0.0693. The first-order chi connectivity index (χ1) is 19.8. The number of allylic oxidation sites excluding steroid dienone is 1. The number of carbonyl (C=O) groups excluding carboxylic acids is 2. The van der Waals surface area contributed by atoms with Gasteiger partial charge >= 0.3 is 0 Å². The van der Waals surface area contributed by atoms with E-state index in [1.807, 2.05) is 0 Å². The molecule has 0 bridgehead atoms. The Morgan fingerprint density at radius 3 is 1.93 bits per heavy atom. The van der Waals surface area contributed by atoms with Gasteiger partial charge < -0.3 is 65.6 Å². The topological polar surface area (TPSA) is 275 Å². The molecular weight excluding hydrogens is 564 g/mol. The molecule has 2 heterocycles. The van der Waals surface area contributed by atoms with Gasteiger partial charge in [0.15, 0.2) is 11.4 Å². The van der Waals surface area contributed by atoms with Crippen molar-refractivity contribution < 1.29 is 75.2 Å². The van der Waals surface area contributed by atoms with E-state index < -0.39 is 108 Å². The average Bonchev–Trinajstić information content (AvgIpc) is 2.97. The Labute approximate surface area is 237 Å². The third-order valence-electron chi connectivity index (χ3n) is 7.57. The predicted molar refractivity (Wildman–Crippen MR) is 137 cm³/mol. The van der Waals surface area contributed by atoms with Gasteiger partial charge in [0.2, 0.25) is 5.78 Å². The van der Waals surface area contributed by atoms with Gasteiger partial charge in [-0.05, 0) is 29.8 Å². The van der Waals surface area contributed by atoms with E-state index in [1.165, 1.54) is 30.3 Å². The number of carbonyl (C=O) groups is 2. The van der Waals surface area contributed by atoms with Crippen LogP contribution in [0.5, 0.6) is 5.75 Å². The zero-order valence-corrected chi connectivity index (χ0v) is 21.8. The molecule has 230 valence electrons. The summed E-state index contributed by atoms with van der Waals surface area (Å²) in [6, 6.07) is 5.45. The van der Waals surface area contributed by atoms with Crippen LogP contribution in [-0.4, -0.2) is 148 Å². The number of hydrogen-bond acceptors (Lipinski definition) is 15. The summed E-state index contributed by atoms with van der Waals surface area (Å²) in [7, 11) is 0. The first-order valence-electron chi connectivity index (χ1n) is 12.8. The van der Waals surface area contributed by atoms with Crippen LogP contribution in [0, 0.1) is 0 Å². The minimum atomic E-state index is -3.12. The quantitative estimate of drug-likeness (QED) is 0.105. The number of aliphatic hydroxyl groups is 10. The molecule has 3 aliphatic rings. The molecule has 1 aromatic rings. The van der Waals surface area contributed by atoms with Crippen molar-refractivity contribution in [2.45, 2.75) is 66.6 Å². The van der Waals surface area contributed by atoms with Gasteiger partial charge in [-0.15, -0.1) is 0 Å². The second-order valence-electron chi connectivity index (χ2n) is 10.3. The summed E-state index contributed by atoms with van der Waals surface area (Å²) in [4.78, 5) is 27.0. The lowest BCUT2D eigenvalue weighted by Gasteiger charge is -2.47. The molecule has 42 heavy (non-hydrogen) atoms. The monoisotopic (exact) mass is 596 g/mol. The van der Waals surface area contributed by atoms with Gasteiger partial charge in [0.25, 0.3) is 0 Å². The fraction of sp³-hybridized carbons (Fsp3) is 0.481. The first-order valence-corrected chi connectivity index (χ1v) is 12.8. The fourth-order valence-electron chi connectivity index (χ4n) is 5.14. The number of aliphatic hydroxyl groups excluding tert-OH is 9. The maximum absolute atomic E-state index is 13.7. The molecule has 2 saturated heterocycles. The van der Waals surface area contributed by atoms with Gasteiger partial charge in [-0.2, -0.15) is 0 Å². The minimum Gasteiger partial charge on any atom is -0.508 e. The molecule has 11 atom stereocenters. The van der Waals surface area contributed by atoms with E-state index in [2.05, 4.69) is 0 Å². The molecule has 0 amide bonds. The predicted octanol–water partition coefficient (Wildman–Crippen LogP) is -4.29. The van der Waals surface area contributed by atoms with Crippen LogP contribution in [0.15, 0.2) is 53.3 Å². The third kappa shape index (κ3) is 5.52. The summed E-state index contributed by atoms with van der Waals surface area (Å²) < 4.78 is 10.8. The summed E-state index contributed by atoms with van der Waals surface area (Å²) in [5.74, 6) is -3.94. The second kappa shape index (κ2) is 12.3. The van der Waals surface area contributed by atoms with Crippen LogP contribution >= 0.6 is 0 Å². The molecule has 1 aromatic carbocycles. The lowest BCUT2D eigenvalue weighted by Crippen LogP contribution is -2.68. The molecule has 0 unspecified atom stereocenters. The largest absolute Gasteiger partial charge is 0.508 e. The number of phenolic OH excluding ortho intramolecular Hbond substituents is 1. The summed E-state index contributed by atoms with van der Waals surface area (Å²) in [6.07, 6.45) is -16.5. The normalized spacial score (nSPS) is 39.5. The highest BCUT2D eigenvalue weighted by molar-refractivity contribution is 6.29. The lowest BCUT2D eigenvalue weighted by molar-refractivity contribution is -0.258. The fourth-order valence-corrected chi connectivity index (χ4v) is 5.14. The van der Waals surface area contributed by atoms with Crippen molar-refractivity contribution in [3.05, 3.63) is 58.9 Å². The lowest BCUT2D eigenvalue weighted by atomic mass is 9.73. The van der Waals surface area contributed by atoms with Gasteiger partial charge in [0.05, 0.1) is 13.2 Å². The van der Waals surface area contributed by atoms with Gasteiger partial charge in [-0.3, -0.25) is 9.59 Å². The van der Waals surface area contributed by atoms with E-state index in [1.54, 1.807) is 0 Å². The van der Waals surface area contributed by atoms with E-state index in [-0.39, 0.29) is 5.75 Å². The summed E-state index contributed by atoms with van der Waals surface area (Å²) in [5, 5.41) is 114. The van der Waals surface area contributed by atoms with Gasteiger partial charge in [0, 0.05) is 5.57 Å². The molecule has 15 nitrogen and oxygen atoms in total. The molecular formula is C27H32O15. The van der Waals surface area contributed by atoms with Crippen LogP contribution in [0.4, 0.5) is 0 Å². The standard InChI is InChI=1S/C27H32O15/c28-8-14-18(33)20(35)22(37)24(41-14)12-7-27(40,26-23(38)21(36)19(34)15(9-29)42-26)25(39)16(17(12)32)13(31)6-3-10-1-4-11(30)5-2-10/h1-7,14-15,18-24,26,28-30,32-38,40H,8-9H2/b6-3+/t14-,15-,18-,19-,20+,21+,22-,23-,24+,26-,27-/m1/s1. The summed E-state index contributed by atoms with van der Waals surface area (Å²) >= 11 is 0. The van der Waals surface area contributed by atoms with E-state index in [9.17, 15) is 65.8 Å². The van der Waals surface area contributed by atoms with E-state index in [4.69, 9.17) is 9.47 Å². The number of benzene rings is 1. The average molecular weight is 597 g/mol. The van der Waals surface area contributed by atoms with Crippen molar-refractivity contribution in [3.8, 4) is 5.75 Å². The number of ketones is 2. The van der Waals surface area contributed by atoms with Crippen LogP contribution in [0.25, 0.3) is 6.08 Å². The number of phenols is 1. The highest BCUT2D eigenvalue weighted by atomic mass is 16.6. The Morgan fingerprint density at radius 2 is 1.36 bits per heavy atom. The highest BCUT2D eigenvalue weighted by Gasteiger charge is 2.59. The smallest absolute Gasteiger partial charge is 0.208 e. The molecule has 11 N–H and O–H groups in total. The van der Waals surface area contributed by atoms with Crippen LogP contribution in [-0.2, 0) is 19.1 Å². The van der Waals surface area contributed by atoms with Crippen LogP contribution < -0.4 is 0 Å². The number of rotatable bonds is 7. The molecule has 2 aliphatic heterocycles. The Hall–Kier alpha value is -3.06. The van der Waals surface area contributed by atoms with Crippen molar-refractivity contribution >= 4 is 17.6 Å². The van der Waals surface area contributed by atoms with Crippen molar-refractivity contribution in [2.75, 3.05) is 13.2 Å². The molecule has 4 rings (SSSR count). The van der Waals surface area contributed by atoms with Crippen molar-refractivity contribution in [1.82, 2.24) is 0 Å². The maximum atomic E-state index is 13.7. The SMILES string of the molecule is O=C(/C=C/c1ccc(O)cc1)C1=C(O)C([C@@H]2O[C@H](CO)[C@@H](O)[C@H](O)[C@H]2O)=C[C@](O)([C@@H]2O[C@H](CO)[C@@H](O)[C@H](O)[C@H]2O)C1=O. The zero-order valence-electron chi connectivity index (χ0n) is 21.8. The number of hydrogen-bond donors (Lipinski definition) is 11.